The topological polar surface area (TPSA) is 52.6 Å². The fraction of sp³-hybridized carbons (Fsp3) is 0.917. The maximum atomic E-state index is 11.6. The van der Waals surface area contributed by atoms with Crippen molar-refractivity contribution < 1.29 is 19.4 Å². The van der Waals surface area contributed by atoms with Crippen molar-refractivity contribution in [3.8, 4) is 0 Å². The van der Waals surface area contributed by atoms with E-state index in [1.807, 2.05) is 0 Å². The monoisotopic (exact) mass is 422 g/mol. The van der Waals surface area contributed by atoms with E-state index in [0.29, 0.717) is 12.8 Å². The van der Waals surface area contributed by atoms with Crippen molar-refractivity contribution in [1.29, 1.82) is 0 Å². The third-order valence-corrected chi connectivity index (χ3v) is 5.20. The molecule has 0 aliphatic rings. The molecule has 0 amide bonds. The van der Waals surface area contributed by atoms with Crippen LogP contribution in [-0.4, -0.2) is 41.5 Å². The van der Waals surface area contributed by atoms with E-state index in [9.17, 15) is 9.59 Å². The summed E-state index contributed by atoms with van der Waals surface area (Å²) in [6.45, 7) is 4.46. The molecule has 0 aliphatic heterocycles. The fourth-order valence-electron chi connectivity index (χ4n) is 3.34. The number of hydrogen-bond acceptors (Lipinski definition) is 4. The summed E-state index contributed by atoms with van der Waals surface area (Å²) in [6, 6.07) is 0. The third kappa shape index (κ3) is 25.9. The molecule has 0 fully saturated rings. The standard InChI is InChI=1S/C24H46O4.Na.H/c1-3-5-7-9-11-13-15-17-19-21-23(25)27-28-24(26)22-20-18-16-14-12-10-8-6-4-2;;/h3-22H2,1-2H3;;. The first-order chi connectivity index (χ1) is 13.7. The number of unbranched alkanes of at least 4 members (excludes halogenated alkanes) is 16. The van der Waals surface area contributed by atoms with Gasteiger partial charge in [0, 0.05) is 0 Å². The van der Waals surface area contributed by atoms with E-state index in [0.717, 1.165) is 38.5 Å². The molecule has 0 radical (unpaired) electrons. The van der Waals surface area contributed by atoms with Crippen molar-refractivity contribution in [1.82, 2.24) is 0 Å². The zero-order valence-electron chi connectivity index (χ0n) is 18.8. The van der Waals surface area contributed by atoms with Crippen molar-refractivity contribution in [3.63, 3.8) is 0 Å². The molecule has 0 heterocycles. The van der Waals surface area contributed by atoms with Crippen LogP contribution in [0.4, 0.5) is 0 Å². The van der Waals surface area contributed by atoms with Crippen molar-refractivity contribution in [3.05, 3.63) is 0 Å². The quantitative estimate of drug-likeness (QED) is 0.0902. The van der Waals surface area contributed by atoms with E-state index >= 15 is 0 Å². The SMILES string of the molecule is CCCCCCCCCCCC(=O)OOC(=O)CCCCCCCCCCC.[NaH]. The van der Waals surface area contributed by atoms with E-state index in [1.54, 1.807) is 0 Å². The first-order valence-corrected chi connectivity index (χ1v) is 12.1. The molecule has 4 nitrogen and oxygen atoms in total. The van der Waals surface area contributed by atoms with E-state index in [2.05, 4.69) is 23.6 Å². The van der Waals surface area contributed by atoms with Crippen LogP contribution >= 0.6 is 0 Å². The Morgan fingerprint density at radius 2 is 0.690 bits per heavy atom. The Kier molecular flexibility index (Phi) is 27.9. The van der Waals surface area contributed by atoms with Crippen LogP contribution in [0.25, 0.3) is 0 Å². The number of rotatable bonds is 20. The molecule has 0 bridgehead atoms. The molecule has 168 valence electrons. The Hall–Kier alpha value is -0.0600. The molecule has 0 unspecified atom stereocenters. The molecular weight excluding hydrogens is 375 g/mol. The average molecular weight is 423 g/mol. The van der Waals surface area contributed by atoms with E-state index < -0.39 is 11.9 Å². The van der Waals surface area contributed by atoms with E-state index in [4.69, 9.17) is 0 Å². The van der Waals surface area contributed by atoms with E-state index in [1.165, 1.54) is 77.0 Å². The first kappa shape index (κ1) is 31.1. The first-order valence-electron chi connectivity index (χ1n) is 12.1. The van der Waals surface area contributed by atoms with Crippen molar-refractivity contribution >= 4 is 41.5 Å². The van der Waals surface area contributed by atoms with Crippen LogP contribution in [0.15, 0.2) is 0 Å². The van der Waals surface area contributed by atoms with Gasteiger partial charge in [-0.05, 0) is 12.8 Å². The van der Waals surface area contributed by atoms with Gasteiger partial charge in [-0.2, -0.15) is 0 Å². The molecule has 0 aliphatic carbocycles. The Bertz CT molecular complexity index is 327. The van der Waals surface area contributed by atoms with Gasteiger partial charge in [-0.1, -0.05) is 117 Å². The molecule has 5 heteroatoms. The van der Waals surface area contributed by atoms with Crippen LogP contribution in [0.2, 0.25) is 0 Å². The minimum atomic E-state index is -0.427. The molecule has 0 aromatic carbocycles. The Morgan fingerprint density at radius 3 is 0.966 bits per heavy atom. The minimum absolute atomic E-state index is 0. The molecular formula is C24H47NaO4. The van der Waals surface area contributed by atoms with Crippen molar-refractivity contribution in [2.24, 2.45) is 0 Å². The molecule has 0 rings (SSSR count). The summed E-state index contributed by atoms with van der Waals surface area (Å²) >= 11 is 0. The molecule has 0 N–H and O–H groups in total. The van der Waals surface area contributed by atoms with Crippen LogP contribution in [-0.2, 0) is 19.4 Å². The molecule has 0 saturated heterocycles. The molecule has 0 saturated carbocycles. The van der Waals surface area contributed by atoms with Crippen LogP contribution in [0.5, 0.6) is 0 Å². The number of carbonyl (C=O) groups excluding carboxylic acids is 2. The predicted molar refractivity (Wildman–Crippen MR) is 123 cm³/mol. The van der Waals surface area contributed by atoms with Crippen LogP contribution in [0, 0.1) is 0 Å². The normalized spacial score (nSPS) is 10.4. The van der Waals surface area contributed by atoms with Crippen LogP contribution in [0.1, 0.15) is 142 Å². The van der Waals surface area contributed by atoms with Crippen molar-refractivity contribution in [2.75, 3.05) is 0 Å². The zero-order chi connectivity index (χ0) is 20.7. The third-order valence-electron chi connectivity index (χ3n) is 5.20. The van der Waals surface area contributed by atoms with Gasteiger partial charge in [0.1, 0.15) is 0 Å². The van der Waals surface area contributed by atoms with Gasteiger partial charge < -0.3 is 0 Å². The predicted octanol–water partition coefficient (Wildman–Crippen LogP) is 7.18. The Labute approximate surface area is 202 Å². The van der Waals surface area contributed by atoms with Gasteiger partial charge in [0.25, 0.3) is 0 Å². The molecule has 0 aromatic heterocycles. The molecule has 0 aromatic rings. The molecule has 29 heavy (non-hydrogen) atoms. The summed E-state index contributed by atoms with van der Waals surface area (Å²) in [5.41, 5.74) is 0. The summed E-state index contributed by atoms with van der Waals surface area (Å²) in [5, 5.41) is 0. The van der Waals surface area contributed by atoms with Crippen LogP contribution < -0.4 is 0 Å². The van der Waals surface area contributed by atoms with E-state index in [-0.39, 0.29) is 29.6 Å². The summed E-state index contributed by atoms with van der Waals surface area (Å²) in [6.07, 6.45) is 22.3. The van der Waals surface area contributed by atoms with Gasteiger partial charge in [-0.3, -0.25) is 0 Å². The average Bonchev–Trinajstić information content (AvgIpc) is 2.69. The molecule has 0 atom stereocenters. The second-order valence-electron chi connectivity index (χ2n) is 8.07. The van der Waals surface area contributed by atoms with Gasteiger partial charge in [0.2, 0.25) is 0 Å². The van der Waals surface area contributed by atoms with Gasteiger partial charge in [-0.25, -0.2) is 19.4 Å². The van der Waals surface area contributed by atoms with Gasteiger partial charge in [0.05, 0.1) is 12.8 Å². The van der Waals surface area contributed by atoms with Crippen LogP contribution in [0.3, 0.4) is 0 Å². The summed E-state index contributed by atoms with van der Waals surface area (Å²) in [7, 11) is 0. The second-order valence-corrected chi connectivity index (χ2v) is 8.07. The number of carbonyl (C=O) groups is 2. The summed E-state index contributed by atoms with van der Waals surface area (Å²) in [5.74, 6) is -0.855. The van der Waals surface area contributed by atoms with Gasteiger partial charge in [-0.15, -0.1) is 0 Å². The number of hydrogen-bond donors (Lipinski definition) is 0. The maximum absolute atomic E-state index is 11.6. The zero-order valence-corrected chi connectivity index (χ0v) is 18.8. The fourth-order valence-corrected chi connectivity index (χ4v) is 3.34. The van der Waals surface area contributed by atoms with Crippen molar-refractivity contribution in [2.45, 2.75) is 142 Å². The Morgan fingerprint density at radius 1 is 0.448 bits per heavy atom. The second kappa shape index (κ2) is 26.0. The Balaban J connectivity index is 0. The van der Waals surface area contributed by atoms with Gasteiger partial charge >= 0.3 is 41.5 Å². The van der Waals surface area contributed by atoms with Gasteiger partial charge in [0.15, 0.2) is 0 Å². The summed E-state index contributed by atoms with van der Waals surface area (Å²) < 4.78 is 0. The molecule has 0 spiro atoms. The summed E-state index contributed by atoms with van der Waals surface area (Å²) in [4.78, 5) is 32.4.